The van der Waals surface area contributed by atoms with E-state index in [0.29, 0.717) is 0 Å². The highest BCUT2D eigenvalue weighted by Crippen LogP contribution is 2.22. The van der Waals surface area contributed by atoms with Crippen molar-refractivity contribution in [2.24, 2.45) is 0 Å². The standard InChI is InChI=1S/C8H5F5N2O/c1-14-15-8(16)2-3(9)5(11)7(13)6(12)4(2)10/h14H,1H3,(H,15,16). The largest absolute Gasteiger partial charge is 0.288 e. The molecule has 88 valence electrons. The van der Waals surface area contributed by atoms with Crippen LogP contribution in [0.2, 0.25) is 0 Å². The van der Waals surface area contributed by atoms with E-state index in [1.54, 1.807) is 5.43 Å². The maximum absolute atomic E-state index is 13.0. The maximum Gasteiger partial charge on any atom is 0.271 e. The lowest BCUT2D eigenvalue weighted by atomic mass is 10.1. The number of carbonyl (C=O) groups excluding carboxylic acids is 1. The fourth-order valence-electron chi connectivity index (χ4n) is 0.980. The Kier molecular flexibility index (Phi) is 3.43. The number of carbonyl (C=O) groups is 1. The molecule has 0 saturated heterocycles. The third-order valence-corrected chi connectivity index (χ3v) is 1.68. The number of hydrogen-bond donors (Lipinski definition) is 2. The zero-order valence-electron chi connectivity index (χ0n) is 7.80. The summed E-state index contributed by atoms with van der Waals surface area (Å²) in [5.41, 5.74) is 2.16. The number of rotatable bonds is 2. The minimum atomic E-state index is -2.31. The van der Waals surface area contributed by atoms with Gasteiger partial charge in [-0.1, -0.05) is 0 Å². The number of benzene rings is 1. The molecule has 3 nitrogen and oxygen atoms in total. The third-order valence-electron chi connectivity index (χ3n) is 1.68. The van der Waals surface area contributed by atoms with Crippen molar-refractivity contribution in [2.75, 3.05) is 7.05 Å². The molecule has 0 bridgehead atoms. The van der Waals surface area contributed by atoms with Crippen molar-refractivity contribution >= 4 is 5.91 Å². The maximum atomic E-state index is 13.0. The Bertz CT molecular complexity index is 420. The first-order chi connectivity index (χ1) is 7.41. The second-order valence-electron chi connectivity index (χ2n) is 2.65. The van der Waals surface area contributed by atoms with E-state index in [-0.39, 0.29) is 0 Å². The van der Waals surface area contributed by atoms with Crippen molar-refractivity contribution < 1.29 is 26.7 Å². The van der Waals surface area contributed by atoms with E-state index < -0.39 is 40.6 Å². The Morgan fingerprint density at radius 1 is 0.875 bits per heavy atom. The van der Waals surface area contributed by atoms with E-state index >= 15 is 0 Å². The predicted molar refractivity (Wildman–Crippen MR) is 42.8 cm³/mol. The number of nitrogens with one attached hydrogen (secondary N) is 2. The summed E-state index contributed by atoms with van der Waals surface area (Å²) in [6.45, 7) is 0. The summed E-state index contributed by atoms with van der Waals surface area (Å²) in [5, 5.41) is 0. The molecule has 0 aliphatic heterocycles. The summed E-state index contributed by atoms with van der Waals surface area (Å²) in [6, 6.07) is 0. The van der Waals surface area contributed by atoms with E-state index in [9.17, 15) is 26.7 Å². The highest BCUT2D eigenvalue weighted by atomic mass is 19.2. The van der Waals surface area contributed by atoms with Gasteiger partial charge >= 0.3 is 0 Å². The topological polar surface area (TPSA) is 41.1 Å². The van der Waals surface area contributed by atoms with Crippen molar-refractivity contribution in [3.63, 3.8) is 0 Å². The SMILES string of the molecule is CNNC(=O)c1c(F)c(F)c(F)c(F)c1F. The molecule has 8 heteroatoms. The lowest BCUT2D eigenvalue weighted by Crippen LogP contribution is -2.35. The predicted octanol–water partition coefficient (Wildman–Crippen LogP) is 1.25. The molecule has 0 radical (unpaired) electrons. The van der Waals surface area contributed by atoms with Gasteiger partial charge in [-0.15, -0.1) is 0 Å². The quantitative estimate of drug-likeness (QED) is 0.353. The second kappa shape index (κ2) is 4.44. The van der Waals surface area contributed by atoms with Gasteiger partial charge in [-0.25, -0.2) is 27.4 Å². The van der Waals surface area contributed by atoms with Gasteiger partial charge in [-0.05, 0) is 0 Å². The van der Waals surface area contributed by atoms with Crippen molar-refractivity contribution in [2.45, 2.75) is 0 Å². The molecule has 1 aromatic carbocycles. The lowest BCUT2D eigenvalue weighted by molar-refractivity contribution is 0.0926. The second-order valence-corrected chi connectivity index (χ2v) is 2.65. The number of hydrogen-bond acceptors (Lipinski definition) is 2. The molecular weight excluding hydrogens is 235 g/mol. The fraction of sp³-hybridized carbons (Fsp3) is 0.125. The zero-order valence-corrected chi connectivity index (χ0v) is 7.80. The van der Waals surface area contributed by atoms with Crippen LogP contribution in [-0.2, 0) is 0 Å². The normalized spacial score (nSPS) is 10.4. The van der Waals surface area contributed by atoms with Crippen LogP contribution >= 0.6 is 0 Å². The monoisotopic (exact) mass is 240 g/mol. The Morgan fingerprint density at radius 2 is 1.25 bits per heavy atom. The van der Waals surface area contributed by atoms with Crippen molar-refractivity contribution in [1.82, 2.24) is 10.9 Å². The van der Waals surface area contributed by atoms with Crippen LogP contribution < -0.4 is 10.9 Å². The smallest absolute Gasteiger partial charge is 0.271 e. The van der Waals surface area contributed by atoms with Gasteiger partial charge in [-0.3, -0.25) is 10.2 Å². The molecule has 0 aliphatic carbocycles. The molecule has 0 saturated carbocycles. The van der Waals surface area contributed by atoms with Crippen LogP contribution in [0, 0.1) is 29.1 Å². The van der Waals surface area contributed by atoms with E-state index in [2.05, 4.69) is 0 Å². The Balaban J connectivity index is 3.45. The van der Waals surface area contributed by atoms with Crippen LogP contribution in [0.5, 0.6) is 0 Å². The average Bonchev–Trinajstić information content (AvgIpc) is 2.24. The van der Waals surface area contributed by atoms with Crippen LogP contribution in [0.25, 0.3) is 0 Å². The van der Waals surface area contributed by atoms with E-state index in [4.69, 9.17) is 0 Å². The first-order valence-electron chi connectivity index (χ1n) is 3.90. The molecule has 1 aromatic rings. The molecule has 1 amide bonds. The van der Waals surface area contributed by atoms with Gasteiger partial charge in [0.15, 0.2) is 23.3 Å². The summed E-state index contributed by atoms with van der Waals surface area (Å²) in [4.78, 5) is 11.0. The molecule has 2 N–H and O–H groups in total. The van der Waals surface area contributed by atoms with Gasteiger partial charge in [0.05, 0.1) is 0 Å². The summed E-state index contributed by atoms with van der Waals surface area (Å²) in [5.74, 6) is -12.5. The molecule has 0 aliphatic rings. The van der Waals surface area contributed by atoms with Gasteiger partial charge in [0.1, 0.15) is 5.56 Å². The highest BCUT2D eigenvalue weighted by molar-refractivity contribution is 5.94. The van der Waals surface area contributed by atoms with Crippen molar-refractivity contribution in [1.29, 1.82) is 0 Å². The van der Waals surface area contributed by atoms with Crippen molar-refractivity contribution in [3.05, 3.63) is 34.6 Å². The van der Waals surface area contributed by atoms with Crippen LogP contribution in [0.3, 0.4) is 0 Å². The van der Waals surface area contributed by atoms with E-state index in [1.807, 2.05) is 5.43 Å². The summed E-state index contributed by atoms with van der Waals surface area (Å²) >= 11 is 0. The highest BCUT2D eigenvalue weighted by Gasteiger charge is 2.29. The first kappa shape index (κ1) is 12.4. The minimum absolute atomic E-state index is 1.18. The van der Waals surface area contributed by atoms with Gasteiger partial charge in [0, 0.05) is 7.05 Å². The average molecular weight is 240 g/mol. The van der Waals surface area contributed by atoms with Gasteiger partial charge in [-0.2, -0.15) is 0 Å². The molecular formula is C8H5F5N2O. The molecule has 0 fully saturated rings. The first-order valence-corrected chi connectivity index (χ1v) is 3.90. The number of halogens is 5. The lowest BCUT2D eigenvalue weighted by Gasteiger charge is -2.07. The van der Waals surface area contributed by atoms with Crippen LogP contribution in [-0.4, -0.2) is 13.0 Å². The Morgan fingerprint density at radius 3 is 1.62 bits per heavy atom. The molecule has 0 spiro atoms. The molecule has 0 unspecified atom stereocenters. The molecule has 0 heterocycles. The summed E-state index contributed by atoms with van der Waals surface area (Å²) < 4.78 is 63.8. The molecule has 1 rings (SSSR count). The Labute approximate surface area is 86.2 Å². The van der Waals surface area contributed by atoms with Crippen LogP contribution in [0.4, 0.5) is 22.0 Å². The minimum Gasteiger partial charge on any atom is -0.288 e. The molecule has 0 atom stereocenters. The molecule has 0 aromatic heterocycles. The van der Waals surface area contributed by atoms with E-state index in [0.717, 1.165) is 0 Å². The van der Waals surface area contributed by atoms with Gasteiger partial charge in [0.2, 0.25) is 5.82 Å². The Hall–Kier alpha value is -1.70. The van der Waals surface area contributed by atoms with Crippen LogP contribution in [0.15, 0.2) is 0 Å². The number of amides is 1. The zero-order chi connectivity index (χ0) is 12.5. The third kappa shape index (κ3) is 1.83. The number of hydrazine groups is 1. The molecule has 16 heavy (non-hydrogen) atoms. The van der Waals surface area contributed by atoms with Gasteiger partial charge in [0.25, 0.3) is 5.91 Å². The van der Waals surface area contributed by atoms with Crippen molar-refractivity contribution in [3.8, 4) is 0 Å². The summed E-state index contributed by atoms with van der Waals surface area (Å²) in [6.07, 6.45) is 0. The van der Waals surface area contributed by atoms with E-state index in [1.165, 1.54) is 7.05 Å². The van der Waals surface area contributed by atoms with Crippen LogP contribution in [0.1, 0.15) is 10.4 Å². The van der Waals surface area contributed by atoms with Gasteiger partial charge < -0.3 is 0 Å². The fourth-order valence-corrected chi connectivity index (χ4v) is 0.980. The summed E-state index contributed by atoms with van der Waals surface area (Å²) in [7, 11) is 1.18.